The van der Waals surface area contributed by atoms with Crippen LogP contribution in [0, 0.1) is 0 Å². The maximum Gasteiger partial charge on any atom is 0.407 e. The smallest absolute Gasteiger partial charge is 0.407 e. The Morgan fingerprint density at radius 1 is 0.816 bits per heavy atom. The van der Waals surface area contributed by atoms with E-state index in [1.54, 1.807) is 0 Å². The number of aliphatic hydroxyl groups is 1. The molecule has 2 aromatic carbocycles. The minimum Gasteiger partial charge on any atom is -0.463 e. The first-order valence-corrected chi connectivity index (χ1v) is 16.7. The van der Waals surface area contributed by atoms with Crippen LogP contribution in [0.4, 0.5) is 4.79 Å². The second-order valence-corrected chi connectivity index (χ2v) is 11.9. The minimum absolute atomic E-state index is 0.0566. The minimum atomic E-state index is -1.16. The third-order valence-corrected chi connectivity index (χ3v) is 8.36. The number of nitrogens with one attached hydrogen (secondary N) is 1. The number of carbonyl (C=O) groups excluding carboxylic acids is 4. The van der Waals surface area contributed by atoms with Crippen LogP contribution in [0.1, 0.15) is 63.5 Å². The van der Waals surface area contributed by atoms with Gasteiger partial charge in [0.05, 0.1) is 12.8 Å². The van der Waals surface area contributed by atoms with Gasteiger partial charge in [0.2, 0.25) is 0 Å². The highest BCUT2D eigenvalue weighted by atomic mass is 16.7. The van der Waals surface area contributed by atoms with Gasteiger partial charge in [0.1, 0.15) is 50.3 Å². The number of aliphatic hydroxyl groups excluding tert-OH is 1. The summed E-state index contributed by atoms with van der Waals surface area (Å²) in [4.78, 5) is 49.7. The van der Waals surface area contributed by atoms with Gasteiger partial charge in [-0.3, -0.25) is 14.4 Å². The van der Waals surface area contributed by atoms with E-state index in [1.165, 1.54) is 14.0 Å². The van der Waals surface area contributed by atoms with Crippen molar-refractivity contribution in [2.75, 3.05) is 40.1 Å². The maximum absolute atomic E-state index is 12.7. The quantitative estimate of drug-likeness (QED) is 0.173. The first-order chi connectivity index (χ1) is 23.7. The number of amides is 1. The number of alkyl carbamates (subject to hydrolysis) is 1. The van der Waals surface area contributed by atoms with Gasteiger partial charge in [-0.2, -0.15) is 0 Å². The summed E-state index contributed by atoms with van der Waals surface area (Å²) in [6.07, 6.45) is -4.42. The molecular formula is C36H47NO12. The van der Waals surface area contributed by atoms with E-state index in [-0.39, 0.29) is 32.0 Å². The number of methoxy groups -OCH3 is 1. The van der Waals surface area contributed by atoms with Crippen LogP contribution in [-0.2, 0) is 47.5 Å². The molecule has 0 bridgehead atoms. The molecule has 1 heterocycles. The SMILES string of the molecule is CCCOC1[C@@H](OC)OC(COC(=O)CCC(=O)OC[C@H](NC(=O)OCC2c3ccccc3-c3ccccc32)C(C)=O)[C@@H](O)[C@@H]1OCCC. The zero-order chi connectivity index (χ0) is 35.3. The van der Waals surface area contributed by atoms with Crippen molar-refractivity contribution >= 4 is 23.8 Å². The highest BCUT2D eigenvalue weighted by Gasteiger charge is 2.47. The van der Waals surface area contributed by atoms with Crippen LogP contribution in [-0.4, -0.2) is 106 Å². The number of ether oxygens (including phenoxy) is 7. The maximum atomic E-state index is 12.7. The molecule has 268 valence electrons. The van der Waals surface area contributed by atoms with Gasteiger partial charge in [0.15, 0.2) is 12.1 Å². The molecule has 6 atom stereocenters. The van der Waals surface area contributed by atoms with Crippen molar-refractivity contribution < 1.29 is 57.4 Å². The van der Waals surface area contributed by atoms with Gasteiger partial charge in [0, 0.05) is 26.2 Å². The van der Waals surface area contributed by atoms with Crippen LogP contribution in [0.5, 0.6) is 0 Å². The number of hydrogen-bond acceptors (Lipinski definition) is 12. The molecule has 2 aliphatic rings. The fraction of sp³-hybridized carbons (Fsp3) is 0.556. The molecule has 1 amide bonds. The predicted octanol–water partition coefficient (Wildman–Crippen LogP) is 3.67. The Bertz CT molecular complexity index is 1370. The van der Waals surface area contributed by atoms with E-state index >= 15 is 0 Å². The molecule has 13 heteroatoms. The highest BCUT2D eigenvalue weighted by molar-refractivity contribution is 5.86. The van der Waals surface area contributed by atoms with Gasteiger partial charge in [-0.15, -0.1) is 0 Å². The molecule has 49 heavy (non-hydrogen) atoms. The summed E-state index contributed by atoms with van der Waals surface area (Å²) in [5, 5.41) is 13.4. The molecule has 0 radical (unpaired) electrons. The molecule has 4 rings (SSSR count). The zero-order valence-corrected chi connectivity index (χ0v) is 28.5. The van der Waals surface area contributed by atoms with Crippen LogP contribution < -0.4 is 5.32 Å². The number of ketones is 1. The normalized spacial score (nSPS) is 22.0. The van der Waals surface area contributed by atoms with Gasteiger partial charge in [-0.25, -0.2) is 4.79 Å². The lowest BCUT2D eigenvalue weighted by Crippen LogP contribution is -2.61. The third kappa shape index (κ3) is 10.1. The summed E-state index contributed by atoms with van der Waals surface area (Å²) in [6, 6.07) is 14.7. The first-order valence-electron chi connectivity index (χ1n) is 16.7. The van der Waals surface area contributed by atoms with Crippen molar-refractivity contribution in [3.8, 4) is 11.1 Å². The number of Topliss-reactive ketones (excluding diaryl/α,β-unsaturated/α-hetero) is 1. The number of fused-ring (bicyclic) bond motifs is 3. The van der Waals surface area contributed by atoms with E-state index in [0.717, 1.165) is 35.1 Å². The average Bonchev–Trinajstić information content (AvgIpc) is 3.42. The second kappa shape index (κ2) is 18.8. The number of rotatable bonds is 18. The van der Waals surface area contributed by atoms with E-state index in [9.17, 15) is 24.3 Å². The Kier molecular flexibility index (Phi) is 14.5. The highest BCUT2D eigenvalue weighted by Crippen LogP contribution is 2.44. The van der Waals surface area contributed by atoms with Gasteiger partial charge < -0.3 is 43.6 Å². The Balaban J connectivity index is 1.20. The molecular weight excluding hydrogens is 638 g/mol. The van der Waals surface area contributed by atoms with Gasteiger partial charge >= 0.3 is 18.0 Å². The number of carbonyl (C=O) groups is 4. The summed E-state index contributed by atoms with van der Waals surface area (Å²) >= 11 is 0. The van der Waals surface area contributed by atoms with Crippen LogP contribution in [0.3, 0.4) is 0 Å². The van der Waals surface area contributed by atoms with Crippen LogP contribution >= 0.6 is 0 Å². The third-order valence-electron chi connectivity index (χ3n) is 8.36. The molecule has 2 N–H and O–H groups in total. The molecule has 0 saturated carbocycles. The molecule has 1 fully saturated rings. The Labute approximate surface area is 286 Å². The van der Waals surface area contributed by atoms with Gasteiger partial charge in [-0.05, 0) is 42.0 Å². The van der Waals surface area contributed by atoms with Crippen LogP contribution in [0.15, 0.2) is 48.5 Å². The summed E-state index contributed by atoms with van der Waals surface area (Å²) in [5.41, 5.74) is 4.26. The van der Waals surface area contributed by atoms with Crippen molar-refractivity contribution in [1.82, 2.24) is 5.32 Å². The van der Waals surface area contributed by atoms with Crippen molar-refractivity contribution in [3.63, 3.8) is 0 Å². The average molecular weight is 686 g/mol. The first kappa shape index (κ1) is 37.9. The summed E-state index contributed by atoms with van der Waals surface area (Å²) in [6.45, 7) is 5.25. The largest absolute Gasteiger partial charge is 0.463 e. The van der Waals surface area contributed by atoms with Crippen molar-refractivity contribution in [2.45, 2.75) is 89.1 Å². The second-order valence-electron chi connectivity index (χ2n) is 11.9. The van der Waals surface area contributed by atoms with E-state index in [2.05, 4.69) is 5.32 Å². The molecule has 0 aromatic heterocycles. The summed E-state index contributed by atoms with van der Waals surface area (Å²) in [7, 11) is 1.44. The Morgan fingerprint density at radius 3 is 1.96 bits per heavy atom. The molecule has 13 nitrogen and oxygen atoms in total. The van der Waals surface area contributed by atoms with Crippen molar-refractivity contribution in [1.29, 1.82) is 0 Å². The number of hydrogen-bond donors (Lipinski definition) is 2. The van der Waals surface area contributed by atoms with E-state index in [1.807, 2.05) is 62.4 Å². The fourth-order valence-electron chi connectivity index (χ4n) is 5.84. The summed E-state index contributed by atoms with van der Waals surface area (Å²) in [5.74, 6) is -2.09. The fourth-order valence-corrected chi connectivity index (χ4v) is 5.84. The standard InChI is InChI=1S/C36H47NO12/c1-5-17-44-33-32(41)29(49-35(43-4)34(33)45-18-6-2)21-47-31(40)16-15-30(39)46-20-28(22(3)38)37-36(42)48-19-27-25-13-9-7-11-23(25)24-12-8-10-14-26(24)27/h7-14,27-29,32-35,41H,5-6,15-21H2,1-4H3,(H,37,42)/t28-,29?,32+,33-,34?,35-/m0/s1. The van der Waals surface area contributed by atoms with Crippen molar-refractivity contribution in [3.05, 3.63) is 59.7 Å². The molecule has 0 spiro atoms. The number of benzene rings is 2. The lowest BCUT2D eigenvalue weighted by Gasteiger charge is -2.43. The predicted molar refractivity (Wildman–Crippen MR) is 176 cm³/mol. The van der Waals surface area contributed by atoms with E-state index in [4.69, 9.17) is 33.2 Å². The topological polar surface area (TPSA) is 165 Å². The molecule has 2 unspecified atom stereocenters. The van der Waals surface area contributed by atoms with Crippen molar-refractivity contribution in [2.24, 2.45) is 0 Å². The zero-order valence-electron chi connectivity index (χ0n) is 28.5. The monoisotopic (exact) mass is 685 g/mol. The molecule has 1 aliphatic carbocycles. The Hall–Kier alpha value is -3.88. The van der Waals surface area contributed by atoms with E-state index < -0.39 is 67.2 Å². The van der Waals surface area contributed by atoms with E-state index in [0.29, 0.717) is 13.2 Å². The van der Waals surface area contributed by atoms with Crippen LogP contribution in [0.25, 0.3) is 11.1 Å². The van der Waals surface area contributed by atoms with Crippen LogP contribution in [0.2, 0.25) is 0 Å². The lowest BCUT2D eigenvalue weighted by molar-refractivity contribution is -0.310. The molecule has 1 aliphatic heterocycles. The van der Waals surface area contributed by atoms with Gasteiger partial charge in [0.25, 0.3) is 0 Å². The molecule has 2 aromatic rings. The Morgan fingerprint density at radius 2 is 1.39 bits per heavy atom. The lowest BCUT2D eigenvalue weighted by atomic mass is 9.98. The number of esters is 2. The van der Waals surface area contributed by atoms with Gasteiger partial charge in [-0.1, -0.05) is 62.4 Å². The molecule has 1 saturated heterocycles. The summed E-state index contributed by atoms with van der Waals surface area (Å²) < 4.78 is 38.9.